The summed E-state index contributed by atoms with van der Waals surface area (Å²) >= 11 is 0. The van der Waals surface area contributed by atoms with Gasteiger partial charge in [-0.15, -0.1) is 0 Å². The van der Waals surface area contributed by atoms with Crippen molar-refractivity contribution in [2.75, 3.05) is 5.43 Å². The third-order valence-electron chi connectivity index (χ3n) is 4.65. The summed E-state index contributed by atoms with van der Waals surface area (Å²) in [5.74, 6) is -0.410. The van der Waals surface area contributed by atoms with E-state index < -0.39 is 10.8 Å². The normalized spacial score (nSPS) is 10.8. The highest BCUT2D eigenvalue weighted by Gasteiger charge is 2.21. The molecule has 0 spiro atoms. The van der Waals surface area contributed by atoms with Gasteiger partial charge in [0, 0.05) is 17.3 Å². The summed E-state index contributed by atoms with van der Waals surface area (Å²) in [5.41, 5.74) is 5.83. The molecule has 2 heterocycles. The van der Waals surface area contributed by atoms with E-state index >= 15 is 0 Å². The number of rotatable bonds is 5. The fourth-order valence-electron chi connectivity index (χ4n) is 3.22. The van der Waals surface area contributed by atoms with E-state index in [0.717, 1.165) is 11.1 Å². The van der Waals surface area contributed by atoms with Crippen LogP contribution in [0.25, 0.3) is 0 Å². The summed E-state index contributed by atoms with van der Waals surface area (Å²) in [7, 11) is 0. The van der Waals surface area contributed by atoms with Crippen LogP contribution in [0, 0.1) is 37.8 Å². The predicted octanol–water partition coefficient (Wildman–Crippen LogP) is 2.62. The summed E-state index contributed by atoms with van der Waals surface area (Å²) in [6.45, 7) is 7.16. The Morgan fingerprint density at radius 1 is 1.14 bits per heavy atom. The van der Waals surface area contributed by atoms with Gasteiger partial charge >= 0.3 is 5.69 Å². The van der Waals surface area contributed by atoms with Crippen molar-refractivity contribution in [1.82, 2.24) is 14.5 Å². The van der Waals surface area contributed by atoms with E-state index in [2.05, 4.69) is 10.5 Å². The first-order valence-corrected chi connectivity index (χ1v) is 8.96. The number of benzene rings is 1. The first kappa shape index (κ1) is 20.0. The predicted molar refractivity (Wildman–Crippen MR) is 108 cm³/mol. The zero-order chi connectivity index (χ0) is 21.3. The number of carbonyl (C=O) groups excluding carboxylic acids is 1. The van der Waals surface area contributed by atoms with Crippen LogP contribution in [0.1, 0.15) is 38.6 Å². The monoisotopic (exact) mass is 395 g/mol. The van der Waals surface area contributed by atoms with E-state index in [1.165, 1.54) is 10.7 Å². The van der Waals surface area contributed by atoms with Gasteiger partial charge in [-0.1, -0.05) is 12.1 Å². The van der Waals surface area contributed by atoms with E-state index in [4.69, 9.17) is 0 Å². The van der Waals surface area contributed by atoms with Crippen LogP contribution in [-0.4, -0.2) is 25.3 Å². The van der Waals surface area contributed by atoms with E-state index in [-0.39, 0.29) is 11.2 Å². The molecule has 0 aliphatic heterocycles. The fraction of sp³-hybridized carbons (Fsp3) is 0.250. The topological polar surface area (TPSA) is 112 Å². The average Bonchev–Trinajstić information content (AvgIpc) is 2.92. The molecule has 0 fully saturated rings. The van der Waals surface area contributed by atoms with Crippen LogP contribution < -0.4 is 11.0 Å². The van der Waals surface area contributed by atoms with E-state index in [0.29, 0.717) is 29.2 Å². The Morgan fingerprint density at radius 3 is 2.34 bits per heavy atom. The fourth-order valence-corrected chi connectivity index (χ4v) is 3.22. The van der Waals surface area contributed by atoms with Crippen molar-refractivity contribution in [2.24, 2.45) is 0 Å². The lowest BCUT2D eigenvalue weighted by Crippen LogP contribution is -2.34. The molecule has 0 unspecified atom stereocenters. The number of aromatic nitrogens is 3. The number of nitro groups is 1. The first-order chi connectivity index (χ1) is 13.7. The average molecular weight is 395 g/mol. The second-order valence-corrected chi connectivity index (χ2v) is 6.92. The maximum Gasteiger partial charge on any atom is 0.312 e. The molecule has 0 atom stereocenters. The Morgan fingerprint density at radius 2 is 1.79 bits per heavy atom. The van der Waals surface area contributed by atoms with Gasteiger partial charge in [0.2, 0.25) is 0 Å². The quantitative estimate of drug-likeness (QED) is 0.527. The third kappa shape index (κ3) is 4.08. The van der Waals surface area contributed by atoms with Crippen molar-refractivity contribution >= 4 is 11.6 Å². The minimum absolute atomic E-state index is 0.0138. The van der Waals surface area contributed by atoms with Gasteiger partial charge in [0.1, 0.15) is 11.4 Å². The lowest BCUT2D eigenvalue weighted by atomic mass is 10.1. The second kappa shape index (κ2) is 7.70. The van der Waals surface area contributed by atoms with Crippen LogP contribution in [0.2, 0.25) is 0 Å². The van der Waals surface area contributed by atoms with E-state index in [9.17, 15) is 19.7 Å². The Balaban J connectivity index is 1.77. The van der Waals surface area contributed by atoms with Gasteiger partial charge in [-0.3, -0.25) is 29.8 Å². The summed E-state index contributed by atoms with van der Waals surface area (Å²) < 4.78 is 2.77. The number of nitrogens with zero attached hydrogens (tertiary/aromatic N) is 4. The van der Waals surface area contributed by atoms with Crippen molar-refractivity contribution in [2.45, 2.75) is 34.2 Å². The Labute approximate surface area is 166 Å². The molecule has 9 heteroatoms. The SMILES string of the molecule is Cc1cc(C)n(NC(=O)c2ccc(Cn3nc(C)c([N+](=O)[O-])c3C)cc2)c(=O)c1. The van der Waals surface area contributed by atoms with Gasteiger partial charge in [0.05, 0.1) is 11.5 Å². The highest BCUT2D eigenvalue weighted by atomic mass is 16.6. The molecular formula is C20H21N5O4. The molecule has 1 amide bonds. The Bertz CT molecular complexity index is 1160. The largest absolute Gasteiger partial charge is 0.312 e. The van der Waals surface area contributed by atoms with Crippen molar-refractivity contribution < 1.29 is 9.72 Å². The number of nitrogens with one attached hydrogen (secondary N) is 1. The minimum atomic E-state index is -0.434. The van der Waals surface area contributed by atoms with Gasteiger partial charge in [0.15, 0.2) is 0 Å². The van der Waals surface area contributed by atoms with E-state index in [1.807, 2.05) is 6.92 Å². The number of hydrogen-bond acceptors (Lipinski definition) is 5. The Hall–Kier alpha value is -3.75. The van der Waals surface area contributed by atoms with Crippen molar-refractivity contribution in [1.29, 1.82) is 0 Å². The highest BCUT2D eigenvalue weighted by molar-refractivity contribution is 6.00. The van der Waals surface area contributed by atoms with Crippen LogP contribution in [0.5, 0.6) is 0 Å². The van der Waals surface area contributed by atoms with Crippen LogP contribution >= 0.6 is 0 Å². The second-order valence-electron chi connectivity index (χ2n) is 6.92. The van der Waals surface area contributed by atoms with Gasteiger partial charge in [-0.25, -0.2) is 4.68 Å². The van der Waals surface area contributed by atoms with Gasteiger partial charge in [0.25, 0.3) is 11.5 Å². The lowest BCUT2D eigenvalue weighted by molar-refractivity contribution is -0.386. The molecule has 0 aliphatic carbocycles. The molecular weight excluding hydrogens is 374 g/mol. The summed E-state index contributed by atoms with van der Waals surface area (Å²) in [6, 6.07) is 10.0. The summed E-state index contributed by atoms with van der Waals surface area (Å²) in [6.07, 6.45) is 0. The molecule has 2 aromatic heterocycles. The van der Waals surface area contributed by atoms with Crippen molar-refractivity contribution in [3.63, 3.8) is 0 Å². The third-order valence-corrected chi connectivity index (χ3v) is 4.65. The minimum Gasteiger partial charge on any atom is -0.267 e. The van der Waals surface area contributed by atoms with Crippen LogP contribution in [0.15, 0.2) is 41.2 Å². The molecule has 9 nitrogen and oxygen atoms in total. The molecule has 1 aromatic carbocycles. The summed E-state index contributed by atoms with van der Waals surface area (Å²) in [5, 5.41) is 15.4. The van der Waals surface area contributed by atoms with Gasteiger partial charge in [-0.2, -0.15) is 5.10 Å². The van der Waals surface area contributed by atoms with Gasteiger partial charge < -0.3 is 0 Å². The van der Waals surface area contributed by atoms with Crippen LogP contribution in [-0.2, 0) is 6.54 Å². The molecule has 0 saturated heterocycles. The van der Waals surface area contributed by atoms with Crippen LogP contribution in [0.4, 0.5) is 5.69 Å². The smallest absolute Gasteiger partial charge is 0.267 e. The lowest BCUT2D eigenvalue weighted by Gasteiger charge is -2.12. The molecule has 0 aliphatic rings. The molecule has 3 rings (SSSR count). The van der Waals surface area contributed by atoms with Crippen molar-refractivity contribution in [3.05, 3.63) is 90.6 Å². The number of aryl methyl sites for hydroxylation is 3. The van der Waals surface area contributed by atoms with Crippen LogP contribution in [0.3, 0.4) is 0 Å². The Kier molecular flexibility index (Phi) is 5.31. The zero-order valence-electron chi connectivity index (χ0n) is 16.6. The molecule has 0 saturated carbocycles. The molecule has 29 heavy (non-hydrogen) atoms. The summed E-state index contributed by atoms with van der Waals surface area (Å²) in [4.78, 5) is 35.3. The molecule has 1 N–H and O–H groups in total. The van der Waals surface area contributed by atoms with E-state index in [1.54, 1.807) is 55.8 Å². The number of pyridine rings is 1. The van der Waals surface area contributed by atoms with Crippen molar-refractivity contribution in [3.8, 4) is 0 Å². The standard InChI is InChI=1S/C20H21N5O4/c1-12-9-13(2)24(18(26)10-12)22-20(27)17-7-5-16(6-8-17)11-23-15(4)19(25(28)29)14(3)21-23/h5-10H,11H2,1-4H3,(H,22,27). The molecule has 150 valence electrons. The maximum atomic E-state index is 12.5. The highest BCUT2D eigenvalue weighted by Crippen LogP contribution is 2.22. The number of amides is 1. The molecule has 0 radical (unpaired) electrons. The van der Waals surface area contributed by atoms with Gasteiger partial charge in [-0.05, 0) is 57.0 Å². The first-order valence-electron chi connectivity index (χ1n) is 8.96. The molecule has 0 bridgehead atoms. The molecule has 3 aromatic rings. The maximum absolute atomic E-state index is 12.5. The number of carbonyl (C=O) groups is 1. The number of hydrogen-bond donors (Lipinski definition) is 1. The zero-order valence-corrected chi connectivity index (χ0v) is 16.6.